The van der Waals surface area contributed by atoms with Gasteiger partial charge in [0.15, 0.2) is 0 Å². The van der Waals surface area contributed by atoms with Gasteiger partial charge in [-0.25, -0.2) is 0 Å². The summed E-state index contributed by atoms with van der Waals surface area (Å²) in [6.45, 7) is 4.39. The second-order valence-electron chi connectivity index (χ2n) is 5.96. The highest BCUT2D eigenvalue weighted by molar-refractivity contribution is 6.09. The van der Waals surface area contributed by atoms with Gasteiger partial charge in [-0.1, -0.05) is 78.4 Å². The fourth-order valence-electron chi connectivity index (χ4n) is 3.42. The zero-order chi connectivity index (χ0) is 15.1. The molecule has 0 unspecified atom stereocenters. The van der Waals surface area contributed by atoms with E-state index in [2.05, 4.69) is 86.6 Å². The van der Waals surface area contributed by atoms with Crippen LogP contribution in [0.5, 0.6) is 0 Å². The maximum absolute atomic E-state index is 2.30. The molecule has 0 amide bonds. The first kappa shape index (κ1) is 13.1. The predicted molar refractivity (Wildman–Crippen MR) is 94.6 cm³/mol. The molecule has 0 aromatic heterocycles. The molecule has 0 fully saturated rings. The van der Waals surface area contributed by atoms with Crippen LogP contribution in [0.15, 0.2) is 72.8 Å². The Morgan fingerprint density at radius 2 is 1.27 bits per heavy atom. The summed E-state index contributed by atoms with van der Waals surface area (Å²) in [6, 6.07) is 26.2. The molecule has 0 spiro atoms. The highest BCUT2D eigenvalue weighted by Gasteiger charge is 2.24. The topological polar surface area (TPSA) is 0 Å². The van der Waals surface area contributed by atoms with Crippen LogP contribution >= 0.6 is 0 Å². The quantitative estimate of drug-likeness (QED) is 0.404. The smallest absolute Gasteiger partial charge is 0.00637 e. The number of rotatable bonds is 1. The highest BCUT2D eigenvalue weighted by atomic mass is 14.3. The number of allylic oxidation sites excluding steroid dienone is 1. The lowest BCUT2D eigenvalue weighted by molar-refractivity contribution is 1.46. The van der Waals surface area contributed by atoms with Gasteiger partial charge in [0.2, 0.25) is 0 Å². The van der Waals surface area contributed by atoms with Crippen LogP contribution in [-0.2, 0) is 0 Å². The molecule has 0 saturated carbocycles. The summed E-state index contributed by atoms with van der Waals surface area (Å²) in [4.78, 5) is 0. The molecule has 0 heterocycles. The highest BCUT2D eigenvalue weighted by Crippen LogP contribution is 2.47. The van der Waals surface area contributed by atoms with Crippen LogP contribution in [0, 0.1) is 6.92 Å². The molecule has 1 aliphatic carbocycles. The van der Waals surface area contributed by atoms with Crippen molar-refractivity contribution in [3.63, 3.8) is 0 Å². The summed E-state index contributed by atoms with van der Waals surface area (Å²) in [5, 5.41) is 0. The first-order valence-electron chi connectivity index (χ1n) is 7.73. The van der Waals surface area contributed by atoms with Gasteiger partial charge in [0.25, 0.3) is 0 Å². The molecule has 0 radical (unpaired) electrons. The minimum absolute atomic E-state index is 1.29. The molecule has 0 atom stereocenters. The van der Waals surface area contributed by atoms with Crippen molar-refractivity contribution >= 4 is 11.1 Å². The number of aryl methyl sites for hydroxylation is 1. The number of hydrogen-bond donors (Lipinski definition) is 0. The Labute approximate surface area is 131 Å². The van der Waals surface area contributed by atoms with Crippen molar-refractivity contribution in [1.29, 1.82) is 0 Å². The normalized spacial score (nSPS) is 14.5. The molecule has 0 nitrogen and oxygen atoms in total. The summed E-state index contributed by atoms with van der Waals surface area (Å²) < 4.78 is 0. The largest absolute Gasteiger partial charge is 0.0622 e. The first-order chi connectivity index (χ1) is 10.8. The third-order valence-corrected chi connectivity index (χ3v) is 4.51. The molecule has 0 saturated heterocycles. The van der Waals surface area contributed by atoms with Gasteiger partial charge in [-0.05, 0) is 52.8 Å². The van der Waals surface area contributed by atoms with E-state index in [4.69, 9.17) is 0 Å². The van der Waals surface area contributed by atoms with E-state index < -0.39 is 0 Å². The molecule has 22 heavy (non-hydrogen) atoms. The molecule has 0 aliphatic heterocycles. The van der Waals surface area contributed by atoms with Crippen LogP contribution in [0.25, 0.3) is 22.3 Å². The van der Waals surface area contributed by atoms with Crippen molar-refractivity contribution < 1.29 is 0 Å². The minimum atomic E-state index is 1.29. The molecule has 0 heteroatoms. The lowest BCUT2D eigenvalue weighted by atomic mass is 9.94. The van der Waals surface area contributed by atoms with Gasteiger partial charge >= 0.3 is 0 Å². The van der Waals surface area contributed by atoms with Gasteiger partial charge in [-0.2, -0.15) is 0 Å². The third-order valence-electron chi connectivity index (χ3n) is 4.51. The van der Waals surface area contributed by atoms with E-state index in [-0.39, 0.29) is 0 Å². The maximum atomic E-state index is 2.30. The lowest BCUT2D eigenvalue weighted by Crippen LogP contribution is -1.88. The van der Waals surface area contributed by atoms with Gasteiger partial charge in [0, 0.05) is 0 Å². The summed E-state index contributed by atoms with van der Waals surface area (Å²) in [5.41, 5.74) is 10.7. The molecule has 106 valence electrons. The van der Waals surface area contributed by atoms with Crippen molar-refractivity contribution in [2.24, 2.45) is 0 Å². The van der Waals surface area contributed by atoms with Crippen LogP contribution < -0.4 is 0 Å². The van der Waals surface area contributed by atoms with Crippen molar-refractivity contribution in [2.75, 3.05) is 0 Å². The second-order valence-corrected chi connectivity index (χ2v) is 5.96. The van der Waals surface area contributed by atoms with E-state index in [1.54, 1.807) is 0 Å². The average molecular weight is 282 g/mol. The number of fused-ring (bicyclic) bond motifs is 3. The predicted octanol–water partition coefficient (Wildman–Crippen LogP) is 5.95. The van der Waals surface area contributed by atoms with Crippen molar-refractivity contribution in [1.82, 2.24) is 0 Å². The molecule has 0 N–H and O–H groups in total. The molecule has 1 aliphatic rings. The third kappa shape index (κ3) is 1.92. The van der Waals surface area contributed by atoms with Crippen LogP contribution in [0.2, 0.25) is 0 Å². The van der Waals surface area contributed by atoms with E-state index in [0.717, 1.165) is 0 Å². The molecule has 3 aromatic rings. The van der Waals surface area contributed by atoms with Gasteiger partial charge in [0.1, 0.15) is 0 Å². The van der Waals surface area contributed by atoms with Crippen molar-refractivity contribution in [3.8, 4) is 11.1 Å². The number of benzene rings is 3. The monoisotopic (exact) mass is 282 g/mol. The van der Waals surface area contributed by atoms with E-state index in [0.29, 0.717) is 0 Å². The zero-order valence-electron chi connectivity index (χ0n) is 12.9. The molecule has 3 aromatic carbocycles. The van der Waals surface area contributed by atoms with Crippen LogP contribution in [0.4, 0.5) is 0 Å². The summed E-state index contributed by atoms with van der Waals surface area (Å²) in [6.07, 6.45) is 0. The van der Waals surface area contributed by atoms with E-state index in [9.17, 15) is 0 Å². The van der Waals surface area contributed by atoms with Gasteiger partial charge in [-0.3, -0.25) is 0 Å². The van der Waals surface area contributed by atoms with E-state index in [1.165, 1.54) is 44.5 Å². The van der Waals surface area contributed by atoms with Gasteiger partial charge < -0.3 is 0 Å². The Hall–Kier alpha value is -2.60. The Morgan fingerprint density at radius 1 is 0.636 bits per heavy atom. The van der Waals surface area contributed by atoms with Crippen LogP contribution in [-0.4, -0.2) is 0 Å². The molecular weight excluding hydrogens is 264 g/mol. The van der Waals surface area contributed by atoms with Crippen molar-refractivity contribution in [3.05, 3.63) is 95.1 Å². The second kappa shape index (κ2) is 4.99. The lowest BCUT2D eigenvalue weighted by Gasteiger charge is -2.10. The molecule has 0 bridgehead atoms. The average Bonchev–Trinajstić information content (AvgIpc) is 2.89. The Balaban J connectivity index is 2.06. The minimum Gasteiger partial charge on any atom is -0.0622 e. The summed E-state index contributed by atoms with van der Waals surface area (Å²) >= 11 is 0. The Kier molecular flexibility index (Phi) is 2.97. The Morgan fingerprint density at radius 3 is 2.05 bits per heavy atom. The summed E-state index contributed by atoms with van der Waals surface area (Å²) in [5.74, 6) is 0. The van der Waals surface area contributed by atoms with E-state index in [1.807, 2.05) is 0 Å². The standard InChI is InChI=1S/C22H18/c1-15-12-13-20-21(14-15)18-10-6-7-11-19(18)22(20)16(2)17-8-4-3-5-9-17/h3-14H,1-2H3/b22-16-. The van der Waals surface area contributed by atoms with Crippen molar-refractivity contribution in [2.45, 2.75) is 13.8 Å². The van der Waals surface area contributed by atoms with Crippen LogP contribution in [0.3, 0.4) is 0 Å². The summed E-state index contributed by atoms with van der Waals surface area (Å²) in [7, 11) is 0. The fraction of sp³-hybridized carbons (Fsp3) is 0.0909. The number of hydrogen-bond acceptors (Lipinski definition) is 0. The Bertz CT molecular complexity index is 883. The van der Waals surface area contributed by atoms with Gasteiger partial charge in [-0.15, -0.1) is 0 Å². The van der Waals surface area contributed by atoms with E-state index >= 15 is 0 Å². The zero-order valence-corrected chi connectivity index (χ0v) is 12.9. The fourth-order valence-corrected chi connectivity index (χ4v) is 3.42. The first-order valence-corrected chi connectivity index (χ1v) is 7.73. The van der Waals surface area contributed by atoms with Gasteiger partial charge in [0.05, 0.1) is 0 Å². The molecular formula is C22H18. The SMILES string of the molecule is C/C(=C1\c2ccccc2-c2cc(C)ccc21)c1ccccc1. The van der Waals surface area contributed by atoms with Crippen LogP contribution in [0.1, 0.15) is 29.2 Å². The molecule has 4 rings (SSSR count). The maximum Gasteiger partial charge on any atom is -0.00637 e.